The van der Waals surface area contributed by atoms with E-state index >= 15 is 0 Å². The molecule has 0 saturated heterocycles. The average Bonchev–Trinajstić information content (AvgIpc) is 2.99. The van der Waals surface area contributed by atoms with E-state index in [9.17, 15) is 4.79 Å². The van der Waals surface area contributed by atoms with Crippen LogP contribution in [-0.2, 0) is 4.74 Å². The standard InChI is InChI=1S/C17H15N3O3/c1-11-8-14(10-18-9-11)17(21)22-15(13-6-4-3-5-7-13)16-19-12(2)20-23-16/h3-10,15H,1-2H3/t15-/m1/s1. The van der Waals surface area contributed by atoms with Crippen LogP contribution in [-0.4, -0.2) is 21.1 Å². The first-order valence-corrected chi connectivity index (χ1v) is 7.11. The molecule has 2 heterocycles. The molecular formula is C17H15N3O3. The van der Waals surface area contributed by atoms with Crippen LogP contribution >= 0.6 is 0 Å². The number of rotatable bonds is 4. The molecule has 0 radical (unpaired) electrons. The molecule has 0 unspecified atom stereocenters. The monoisotopic (exact) mass is 309 g/mol. The van der Waals surface area contributed by atoms with Crippen LogP contribution in [0, 0.1) is 13.8 Å². The van der Waals surface area contributed by atoms with Crippen LogP contribution in [0.2, 0.25) is 0 Å². The van der Waals surface area contributed by atoms with Crippen molar-refractivity contribution in [1.29, 1.82) is 0 Å². The molecule has 1 aromatic carbocycles. The molecule has 0 spiro atoms. The van der Waals surface area contributed by atoms with Crippen molar-refractivity contribution < 1.29 is 14.1 Å². The minimum absolute atomic E-state index is 0.239. The molecule has 23 heavy (non-hydrogen) atoms. The number of aryl methyl sites for hydroxylation is 2. The number of ether oxygens (including phenoxy) is 1. The van der Waals surface area contributed by atoms with Crippen molar-refractivity contribution in [1.82, 2.24) is 15.1 Å². The summed E-state index contributed by atoms with van der Waals surface area (Å²) in [5.74, 6) is 0.225. The van der Waals surface area contributed by atoms with Gasteiger partial charge in [-0.15, -0.1) is 0 Å². The van der Waals surface area contributed by atoms with Gasteiger partial charge in [-0.3, -0.25) is 4.98 Å². The van der Waals surface area contributed by atoms with Crippen molar-refractivity contribution in [3.05, 3.63) is 77.2 Å². The number of aromatic nitrogens is 3. The lowest BCUT2D eigenvalue weighted by Gasteiger charge is -2.14. The van der Waals surface area contributed by atoms with E-state index in [1.165, 1.54) is 6.20 Å². The molecule has 3 rings (SSSR count). The number of nitrogens with zero attached hydrogens (tertiary/aromatic N) is 3. The fourth-order valence-corrected chi connectivity index (χ4v) is 2.15. The largest absolute Gasteiger partial charge is 0.444 e. The Kier molecular flexibility index (Phi) is 4.14. The maximum atomic E-state index is 12.4. The van der Waals surface area contributed by atoms with Crippen LogP contribution in [0.25, 0.3) is 0 Å². The molecular weight excluding hydrogens is 294 g/mol. The molecule has 0 bridgehead atoms. The van der Waals surface area contributed by atoms with E-state index < -0.39 is 12.1 Å². The quantitative estimate of drug-likeness (QED) is 0.689. The van der Waals surface area contributed by atoms with E-state index in [1.807, 2.05) is 37.3 Å². The van der Waals surface area contributed by atoms with E-state index in [2.05, 4.69) is 15.1 Å². The summed E-state index contributed by atoms with van der Waals surface area (Å²) in [6, 6.07) is 11.0. The van der Waals surface area contributed by atoms with Gasteiger partial charge in [-0.05, 0) is 25.5 Å². The summed E-state index contributed by atoms with van der Waals surface area (Å²) >= 11 is 0. The Morgan fingerprint density at radius 3 is 2.61 bits per heavy atom. The lowest BCUT2D eigenvalue weighted by molar-refractivity contribution is 0.0314. The second kappa shape index (κ2) is 6.39. The van der Waals surface area contributed by atoms with Gasteiger partial charge in [0.25, 0.3) is 5.89 Å². The zero-order valence-corrected chi connectivity index (χ0v) is 12.8. The molecule has 3 aromatic rings. The van der Waals surface area contributed by atoms with Gasteiger partial charge in [0.2, 0.25) is 6.10 Å². The van der Waals surface area contributed by atoms with Crippen molar-refractivity contribution >= 4 is 5.97 Å². The third-order valence-corrected chi connectivity index (χ3v) is 3.21. The first kappa shape index (κ1) is 14.9. The fraction of sp³-hybridized carbons (Fsp3) is 0.176. The summed E-state index contributed by atoms with van der Waals surface area (Å²) in [4.78, 5) is 20.6. The van der Waals surface area contributed by atoms with E-state index in [-0.39, 0.29) is 5.89 Å². The Morgan fingerprint density at radius 2 is 1.96 bits per heavy atom. The van der Waals surface area contributed by atoms with Gasteiger partial charge in [0.05, 0.1) is 5.56 Å². The van der Waals surface area contributed by atoms with Crippen molar-refractivity contribution in [2.24, 2.45) is 0 Å². The number of pyridine rings is 1. The lowest BCUT2D eigenvalue weighted by Crippen LogP contribution is -2.14. The number of carbonyl (C=O) groups excluding carboxylic acids is 1. The van der Waals surface area contributed by atoms with Gasteiger partial charge in [0.15, 0.2) is 5.82 Å². The van der Waals surface area contributed by atoms with Crippen molar-refractivity contribution in [3.8, 4) is 0 Å². The molecule has 0 fully saturated rings. The van der Waals surface area contributed by atoms with Crippen LogP contribution < -0.4 is 0 Å². The van der Waals surface area contributed by atoms with Gasteiger partial charge in [-0.2, -0.15) is 4.98 Å². The summed E-state index contributed by atoms with van der Waals surface area (Å²) in [6.07, 6.45) is 2.38. The molecule has 1 atom stereocenters. The third-order valence-electron chi connectivity index (χ3n) is 3.21. The van der Waals surface area contributed by atoms with Crippen LogP contribution in [0.5, 0.6) is 0 Å². The second-order valence-electron chi connectivity index (χ2n) is 5.13. The van der Waals surface area contributed by atoms with Gasteiger partial charge in [0, 0.05) is 18.0 Å². The SMILES string of the molecule is Cc1cncc(C(=O)O[C@H](c2ccccc2)c2nc(C)no2)c1. The zero-order valence-electron chi connectivity index (χ0n) is 12.8. The number of esters is 1. The smallest absolute Gasteiger partial charge is 0.340 e. The Labute approximate surface area is 133 Å². The number of hydrogen-bond donors (Lipinski definition) is 0. The zero-order chi connectivity index (χ0) is 16.2. The van der Waals surface area contributed by atoms with Crippen LogP contribution in [0.3, 0.4) is 0 Å². The van der Waals surface area contributed by atoms with Gasteiger partial charge in [-0.25, -0.2) is 4.79 Å². The summed E-state index contributed by atoms with van der Waals surface area (Å²) < 4.78 is 10.8. The normalized spacial score (nSPS) is 11.9. The molecule has 6 heteroatoms. The molecule has 0 aliphatic carbocycles. The highest BCUT2D eigenvalue weighted by molar-refractivity contribution is 5.89. The second-order valence-corrected chi connectivity index (χ2v) is 5.13. The van der Waals surface area contributed by atoms with Crippen molar-refractivity contribution in [2.45, 2.75) is 20.0 Å². The fourth-order valence-electron chi connectivity index (χ4n) is 2.15. The van der Waals surface area contributed by atoms with Crippen LogP contribution in [0.15, 0.2) is 53.3 Å². The Balaban J connectivity index is 1.92. The number of carbonyl (C=O) groups is 1. The molecule has 0 saturated carbocycles. The highest BCUT2D eigenvalue weighted by Crippen LogP contribution is 2.25. The lowest BCUT2D eigenvalue weighted by atomic mass is 10.1. The first-order chi connectivity index (χ1) is 11.1. The maximum absolute atomic E-state index is 12.4. The van der Waals surface area contributed by atoms with Gasteiger partial charge in [0.1, 0.15) is 0 Å². The first-order valence-electron chi connectivity index (χ1n) is 7.11. The number of benzene rings is 1. The summed E-state index contributed by atoms with van der Waals surface area (Å²) in [5.41, 5.74) is 2.01. The van der Waals surface area contributed by atoms with E-state index in [1.54, 1.807) is 19.2 Å². The Morgan fingerprint density at radius 1 is 1.17 bits per heavy atom. The third kappa shape index (κ3) is 3.42. The van der Waals surface area contributed by atoms with Crippen LogP contribution in [0.1, 0.15) is 39.3 Å². The highest BCUT2D eigenvalue weighted by Gasteiger charge is 2.25. The van der Waals surface area contributed by atoms with Crippen molar-refractivity contribution in [2.75, 3.05) is 0 Å². The summed E-state index contributed by atoms with van der Waals surface area (Å²) in [6.45, 7) is 3.57. The average molecular weight is 309 g/mol. The van der Waals surface area contributed by atoms with E-state index in [0.717, 1.165) is 11.1 Å². The summed E-state index contributed by atoms with van der Waals surface area (Å²) in [5, 5.41) is 3.77. The highest BCUT2D eigenvalue weighted by atomic mass is 16.6. The molecule has 2 aromatic heterocycles. The topological polar surface area (TPSA) is 78.1 Å². The molecule has 0 aliphatic heterocycles. The molecule has 0 amide bonds. The molecule has 0 aliphatic rings. The molecule has 116 valence electrons. The van der Waals surface area contributed by atoms with Gasteiger partial charge >= 0.3 is 5.97 Å². The maximum Gasteiger partial charge on any atom is 0.340 e. The molecule has 6 nitrogen and oxygen atoms in total. The number of hydrogen-bond acceptors (Lipinski definition) is 6. The van der Waals surface area contributed by atoms with E-state index in [4.69, 9.17) is 9.26 Å². The Bertz CT molecular complexity index is 815. The van der Waals surface area contributed by atoms with E-state index in [0.29, 0.717) is 11.4 Å². The summed E-state index contributed by atoms with van der Waals surface area (Å²) in [7, 11) is 0. The van der Waals surface area contributed by atoms with Crippen molar-refractivity contribution in [3.63, 3.8) is 0 Å². The van der Waals surface area contributed by atoms with Gasteiger partial charge in [-0.1, -0.05) is 35.5 Å². The minimum atomic E-state index is -0.759. The predicted molar refractivity (Wildman–Crippen MR) is 81.7 cm³/mol. The van der Waals surface area contributed by atoms with Gasteiger partial charge < -0.3 is 9.26 Å². The van der Waals surface area contributed by atoms with Crippen LogP contribution in [0.4, 0.5) is 0 Å². The Hall–Kier alpha value is -3.02. The predicted octanol–water partition coefficient (Wildman–Crippen LogP) is 3.03. The molecule has 0 N–H and O–H groups in total. The minimum Gasteiger partial charge on any atom is -0.444 e.